The maximum atomic E-state index is 11.4. The van der Waals surface area contributed by atoms with Crippen LogP contribution in [0.3, 0.4) is 0 Å². The van der Waals surface area contributed by atoms with Gasteiger partial charge in [-0.2, -0.15) is 11.8 Å². The highest BCUT2D eigenvalue weighted by Gasteiger charge is 2.25. The molecule has 2 aromatic rings. The number of imidazole rings is 1. The summed E-state index contributed by atoms with van der Waals surface area (Å²) in [6.07, 6.45) is 1.13. The summed E-state index contributed by atoms with van der Waals surface area (Å²) in [4.78, 5) is 16.0. The number of benzene rings is 1. The van der Waals surface area contributed by atoms with E-state index in [1.165, 1.54) is 5.75 Å². The van der Waals surface area contributed by atoms with E-state index in [1.54, 1.807) is 6.07 Å². The Balaban J connectivity index is 2.27. The average Bonchev–Trinajstić information content (AvgIpc) is 3.03. The lowest BCUT2D eigenvalue weighted by atomic mass is 10.1. The molecule has 1 aliphatic rings. The summed E-state index contributed by atoms with van der Waals surface area (Å²) in [7, 11) is 0. The minimum atomic E-state index is -0.906. The first kappa shape index (κ1) is 13.5. The van der Waals surface area contributed by atoms with Gasteiger partial charge < -0.3 is 9.67 Å². The van der Waals surface area contributed by atoms with Gasteiger partial charge in [-0.05, 0) is 24.3 Å². The van der Waals surface area contributed by atoms with Gasteiger partial charge >= 0.3 is 5.97 Å². The van der Waals surface area contributed by atoms with Gasteiger partial charge in [-0.3, -0.25) is 0 Å². The van der Waals surface area contributed by atoms with E-state index in [2.05, 4.69) is 23.4 Å². The number of hydrogen-bond acceptors (Lipinski definition) is 3. The number of nitrogens with zero attached hydrogens (tertiary/aromatic N) is 2. The predicted molar refractivity (Wildman–Crippen MR) is 81.8 cm³/mol. The molecule has 1 saturated heterocycles. The van der Waals surface area contributed by atoms with Crippen LogP contribution in [0.25, 0.3) is 11.0 Å². The minimum absolute atomic E-state index is 0.287. The summed E-state index contributed by atoms with van der Waals surface area (Å²) in [5.74, 6) is 2.63. The summed E-state index contributed by atoms with van der Waals surface area (Å²) in [6.45, 7) is 4.22. The van der Waals surface area contributed by atoms with E-state index in [4.69, 9.17) is 0 Å². The normalized spacial score (nSPS) is 19.1. The molecular formula is C15H18N2O2S. The van der Waals surface area contributed by atoms with Crippen LogP contribution in [0.4, 0.5) is 0 Å². The third-order valence-corrected chi connectivity index (χ3v) is 4.91. The van der Waals surface area contributed by atoms with Crippen LogP contribution in [-0.4, -0.2) is 32.1 Å². The van der Waals surface area contributed by atoms with E-state index in [9.17, 15) is 9.90 Å². The van der Waals surface area contributed by atoms with E-state index in [-0.39, 0.29) is 5.92 Å². The Bertz CT molecular complexity index is 657. The second-order valence-corrected chi connectivity index (χ2v) is 6.64. The number of carboxylic acid groups (broad SMARTS) is 1. The number of hydrogen-bond donors (Lipinski definition) is 1. The van der Waals surface area contributed by atoms with Crippen molar-refractivity contribution in [3.05, 3.63) is 29.6 Å². The number of thioether (sulfide) groups is 1. The van der Waals surface area contributed by atoms with Crippen molar-refractivity contribution in [1.29, 1.82) is 0 Å². The number of aromatic nitrogens is 2. The van der Waals surface area contributed by atoms with Gasteiger partial charge in [0.1, 0.15) is 11.3 Å². The fraction of sp³-hybridized carbons (Fsp3) is 0.467. The van der Waals surface area contributed by atoms with Gasteiger partial charge in [-0.25, -0.2) is 9.78 Å². The minimum Gasteiger partial charge on any atom is -0.478 e. The molecule has 0 radical (unpaired) electrons. The van der Waals surface area contributed by atoms with Crippen LogP contribution in [-0.2, 0) is 0 Å². The third-order valence-electron chi connectivity index (χ3n) is 3.77. The first-order valence-corrected chi connectivity index (χ1v) is 8.07. The molecule has 20 heavy (non-hydrogen) atoms. The van der Waals surface area contributed by atoms with E-state index in [1.807, 2.05) is 23.9 Å². The summed E-state index contributed by atoms with van der Waals surface area (Å²) in [5.41, 5.74) is 1.88. The molecule has 1 unspecified atom stereocenters. The predicted octanol–water partition coefficient (Wildman–Crippen LogP) is 3.54. The Kier molecular flexibility index (Phi) is 3.46. The van der Waals surface area contributed by atoms with Crippen molar-refractivity contribution in [3.8, 4) is 0 Å². The molecule has 0 aliphatic carbocycles. The Morgan fingerprint density at radius 1 is 1.50 bits per heavy atom. The lowest BCUT2D eigenvalue weighted by molar-refractivity contribution is 0.0699. The molecule has 1 aliphatic heterocycles. The average molecular weight is 290 g/mol. The summed E-state index contributed by atoms with van der Waals surface area (Å²) in [5, 5.41) is 9.33. The molecule has 1 aromatic carbocycles. The number of carboxylic acids is 1. The molecule has 0 bridgehead atoms. The van der Waals surface area contributed by atoms with Crippen LogP contribution in [0.1, 0.15) is 48.4 Å². The van der Waals surface area contributed by atoms with Crippen molar-refractivity contribution < 1.29 is 9.90 Å². The molecular weight excluding hydrogens is 272 g/mol. The number of rotatable bonds is 3. The molecule has 3 rings (SSSR count). The SMILES string of the molecule is CC(C)c1nc2c(C(=O)O)cccc2n1C1CCSC1. The highest BCUT2D eigenvalue weighted by molar-refractivity contribution is 7.99. The van der Waals surface area contributed by atoms with Crippen molar-refractivity contribution in [3.63, 3.8) is 0 Å². The van der Waals surface area contributed by atoms with E-state index < -0.39 is 5.97 Å². The maximum absolute atomic E-state index is 11.4. The van der Waals surface area contributed by atoms with Gasteiger partial charge in [0.05, 0.1) is 11.1 Å². The second kappa shape index (κ2) is 5.13. The van der Waals surface area contributed by atoms with E-state index in [0.29, 0.717) is 17.1 Å². The molecule has 1 N–H and O–H groups in total. The lowest BCUT2D eigenvalue weighted by Gasteiger charge is -2.17. The highest BCUT2D eigenvalue weighted by Crippen LogP contribution is 2.35. The first-order chi connectivity index (χ1) is 9.59. The van der Waals surface area contributed by atoms with Crippen molar-refractivity contribution in [2.75, 3.05) is 11.5 Å². The van der Waals surface area contributed by atoms with Crippen molar-refractivity contribution in [1.82, 2.24) is 9.55 Å². The molecule has 1 fully saturated rings. The molecule has 0 saturated carbocycles. The molecule has 4 nitrogen and oxygen atoms in total. The maximum Gasteiger partial charge on any atom is 0.337 e. The fourth-order valence-corrected chi connectivity index (χ4v) is 4.02. The van der Waals surface area contributed by atoms with Gasteiger partial charge in [-0.1, -0.05) is 19.9 Å². The van der Waals surface area contributed by atoms with E-state index >= 15 is 0 Å². The first-order valence-electron chi connectivity index (χ1n) is 6.91. The van der Waals surface area contributed by atoms with Gasteiger partial charge in [-0.15, -0.1) is 0 Å². The monoisotopic (exact) mass is 290 g/mol. The zero-order chi connectivity index (χ0) is 14.3. The molecule has 0 spiro atoms. The second-order valence-electron chi connectivity index (χ2n) is 5.49. The van der Waals surface area contributed by atoms with Gasteiger partial charge in [0.2, 0.25) is 0 Å². The summed E-state index contributed by atoms with van der Waals surface area (Å²) in [6, 6.07) is 5.88. The van der Waals surface area contributed by atoms with Crippen LogP contribution in [0, 0.1) is 0 Å². The van der Waals surface area contributed by atoms with Crippen LogP contribution in [0.2, 0.25) is 0 Å². The number of para-hydroxylation sites is 1. The third kappa shape index (κ3) is 2.10. The highest BCUT2D eigenvalue weighted by atomic mass is 32.2. The van der Waals surface area contributed by atoms with Crippen LogP contribution in [0.15, 0.2) is 18.2 Å². The smallest absolute Gasteiger partial charge is 0.337 e. The Hall–Kier alpha value is -1.49. The van der Waals surface area contributed by atoms with Crippen LogP contribution < -0.4 is 0 Å². The largest absolute Gasteiger partial charge is 0.478 e. The van der Waals surface area contributed by atoms with Crippen LogP contribution >= 0.6 is 11.8 Å². The fourth-order valence-electron chi connectivity index (χ4n) is 2.82. The molecule has 5 heteroatoms. The van der Waals surface area contributed by atoms with Crippen molar-refractivity contribution >= 4 is 28.8 Å². The molecule has 1 atom stereocenters. The zero-order valence-electron chi connectivity index (χ0n) is 11.7. The van der Waals surface area contributed by atoms with Crippen LogP contribution in [0.5, 0.6) is 0 Å². The lowest BCUT2D eigenvalue weighted by Crippen LogP contribution is -2.12. The number of carbonyl (C=O) groups is 1. The Morgan fingerprint density at radius 2 is 2.30 bits per heavy atom. The molecule has 2 heterocycles. The number of aromatic carboxylic acids is 1. The molecule has 106 valence electrons. The topological polar surface area (TPSA) is 55.1 Å². The Morgan fingerprint density at radius 3 is 2.90 bits per heavy atom. The van der Waals surface area contributed by atoms with Gasteiger partial charge in [0.15, 0.2) is 0 Å². The quantitative estimate of drug-likeness (QED) is 0.939. The zero-order valence-corrected chi connectivity index (χ0v) is 12.5. The molecule has 1 aromatic heterocycles. The van der Waals surface area contributed by atoms with Gasteiger partial charge in [0.25, 0.3) is 0 Å². The van der Waals surface area contributed by atoms with E-state index in [0.717, 1.165) is 23.5 Å². The Labute approximate surface area is 122 Å². The van der Waals surface area contributed by atoms with Crippen molar-refractivity contribution in [2.24, 2.45) is 0 Å². The van der Waals surface area contributed by atoms with Gasteiger partial charge in [0, 0.05) is 17.7 Å². The standard InChI is InChI=1S/C15H18N2O2S/c1-9(2)14-16-13-11(15(18)19)4-3-5-12(13)17(14)10-6-7-20-8-10/h3-5,9-10H,6-8H2,1-2H3,(H,18,19). The summed E-state index contributed by atoms with van der Waals surface area (Å²) >= 11 is 1.95. The molecule has 0 amide bonds. The summed E-state index contributed by atoms with van der Waals surface area (Å²) < 4.78 is 2.27. The number of fused-ring (bicyclic) bond motifs is 1. The van der Waals surface area contributed by atoms with Crippen molar-refractivity contribution in [2.45, 2.75) is 32.2 Å².